The van der Waals surface area contributed by atoms with Crippen LogP contribution in [0, 0.1) is 0 Å². The fourth-order valence-corrected chi connectivity index (χ4v) is 4.18. The van der Waals surface area contributed by atoms with Gasteiger partial charge in [-0.3, -0.25) is 4.79 Å². The van der Waals surface area contributed by atoms with E-state index in [9.17, 15) is 13.2 Å². The molecular weight excluding hydrogens is 252 g/mol. The van der Waals surface area contributed by atoms with Crippen LogP contribution >= 0.6 is 0 Å². The van der Waals surface area contributed by atoms with Crippen LogP contribution in [0.5, 0.6) is 0 Å². The van der Waals surface area contributed by atoms with E-state index in [4.69, 9.17) is 0 Å². The van der Waals surface area contributed by atoms with Crippen molar-refractivity contribution in [1.82, 2.24) is 9.21 Å². The fourth-order valence-electron chi connectivity index (χ4n) is 2.44. The predicted octanol–water partition coefficient (Wildman–Crippen LogP) is 1.06. The number of likely N-dealkylation sites (N-methyl/N-ethyl adjacent to an activating group) is 1. The van der Waals surface area contributed by atoms with Crippen molar-refractivity contribution in [1.29, 1.82) is 0 Å². The second-order valence-corrected chi connectivity index (χ2v) is 6.64. The van der Waals surface area contributed by atoms with Gasteiger partial charge in [-0.2, -0.15) is 4.31 Å². The van der Waals surface area contributed by atoms with Crippen molar-refractivity contribution < 1.29 is 13.2 Å². The summed E-state index contributed by atoms with van der Waals surface area (Å²) >= 11 is 0. The third kappa shape index (κ3) is 3.23. The first-order chi connectivity index (χ1) is 8.47. The van der Waals surface area contributed by atoms with Gasteiger partial charge in [-0.1, -0.05) is 6.92 Å². The molecule has 0 aromatic rings. The maximum atomic E-state index is 12.3. The zero-order valence-corrected chi connectivity index (χ0v) is 12.4. The first-order valence-corrected chi connectivity index (χ1v) is 8.37. The maximum Gasteiger partial charge on any atom is 0.241 e. The van der Waals surface area contributed by atoms with Crippen LogP contribution in [0.4, 0.5) is 0 Å². The summed E-state index contributed by atoms with van der Waals surface area (Å²) in [4.78, 5) is 14.0. The highest BCUT2D eigenvalue weighted by Crippen LogP contribution is 2.23. The second-order valence-electron chi connectivity index (χ2n) is 4.60. The van der Waals surface area contributed by atoms with Crippen molar-refractivity contribution in [2.24, 2.45) is 0 Å². The van der Waals surface area contributed by atoms with Gasteiger partial charge >= 0.3 is 0 Å². The Morgan fingerprint density at radius 2 is 1.89 bits per heavy atom. The van der Waals surface area contributed by atoms with Crippen molar-refractivity contribution >= 4 is 15.9 Å². The molecule has 1 rings (SSSR count). The van der Waals surface area contributed by atoms with Gasteiger partial charge in [0.2, 0.25) is 15.9 Å². The molecule has 1 aliphatic rings. The molecule has 6 heteroatoms. The molecule has 1 heterocycles. The fraction of sp³-hybridized carbons (Fsp3) is 0.917. The molecule has 0 bridgehead atoms. The highest BCUT2D eigenvalue weighted by Gasteiger charge is 2.39. The van der Waals surface area contributed by atoms with E-state index in [1.165, 1.54) is 4.31 Å². The van der Waals surface area contributed by atoms with E-state index in [0.29, 0.717) is 32.5 Å². The molecule has 1 unspecified atom stereocenters. The molecule has 106 valence electrons. The summed E-state index contributed by atoms with van der Waals surface area (Å²) in [5.41, 5.74) is 0. The van der Waals surface area contributed by atoms with E-state index in [2.05, 4.69) is 0 Å². The van der Waals surface area contributed by atoms with Crippen LogP contribution in [0.2, 0.25) is 0 Å². The first-order valence-electron chi connectivity index (χ1n) is 6.76. The highest BCUT2D eigenvalue weighted by atomic mass is 32.2. The highest BCUT2D eigenvalue weighted by molar-refractivity contribution is 7.89. The van der Waals surface area contributed by atoms with Gasteiger partial charge in [-0.05, 0) is 33.1 Å². The summed E-state index contributed by atoms with van der Waals surface area (Å²) in [5, 5.41) is 0. The van der Waals surface area contributed by atoms with Crippen molar-refractivity contribution in [3.63, 3.8) is 0 Å². The van der Waals surface area contributed by atoms with Crippen molar-refractivity contribution in [3.05, 3.63) is 0 Å². The van der Waals surface area contributed by atoms with Crippen LogP contribution in [-0.2, 0) is 14.8 Å². The summed E-state index contributed by atoms with van der Waals surface area (Å²) in [7, 11) is -3.27. The Kier molecular flexibility index (Phi) is 5.59. The molecule has 0 N–H and O–H groups in total. The lowest BCUT2D eigenvalue weighted by molar-refractivity contribution is -0.134. The van der Waals surface area contributed by atoms with Crippen molar-refractivity contribution in [2.75, 3.05) is 25.4 Å². The lowest BCUT2D eigenvalue weighted by Crippen LogP contribution is -2.48. The van der Waals surface area contributed by atoms with Gasteiger partial charge in [-0.25, -0.2) is 8.42 Å². The van der Waals surface area contributed by atoms with E-state index >= 15 is 0 Å². The molecule has 0 spiro atoms. The minimum Gasteiger partial charge on any atom is -0.342 e. The Morgan fingerprint density at radius 3 is 2.39 bits per heavy atom. The Bertz CT molecular complexity index is 377. The zero-order valence-electron chi connectivity index (χ0n) is 11.6. The minimum atomic E-state index is -3.27. The van der Waals surface area contributed by atoms with Gasteiger partial charge in [0.1, 0.15) is 6.04 Å². The smallest absolute Gasteiger partial charge is 0.241 e. The Labute approximate surface area is 110 Å². The van der Waals surface area contributed by atoms with E-state index in [1.807, 2.05) is 20.8 Å². The molecule has 1 aliphatic heterocycles. The van der Waals surface area contributed by atoms with Gasteiger partial charge < -0.3 is 4.90 Å². The van der Waals surface area contributed by atoms with E-state index in [0.717, 1.165) is 6.42 Å². The predicted molar refractivity (Wildman–Crippen MR) is 71.7 cm³/mol. The van der Waals surface area contributed by atoms with Crippen LogP contribution in [0.1, 0.15) is 40.0 Å². The third-order valence-corrected chi connectivity index (χ3v) is 5.46. The van der Waals surface area contributed by atoms with E-state index in [1.54, 1.807) is 4.90 Å². The molecule has 0 saturated carbocycles. The number of carbonyl (C=O) groups is 1. The van der Waals surface area contributed by atoms with Crippen molar-refractivity contribution in [2.45, 2.75) is 46.1 Å². The summed E-state index contributed by atoms with van der Waals surface area (Å²) in [6.45, 7) is 7.43. The largest absolute Gasteiger partial charge is 0.342 e. The van der Waals surface area contributed by atoms with Crippen LogP contribution in [0.3, 0.4) is 0 Å². The molecule has 18 heavy (non-hydrogen) atoms. The average molecular weight is 276 g/mol. The third-order valence-electron chi connectivity index (χ3n) is 3.38. The summed E-state index contributed by atoms with van der Waals surface area (Å²) < 4.78 is 25.6. The Hall–Kier alpha value is -0.620. The minimum absolute atomic E-state index is 0.0443. The summed E-state index contributed by atoms with van der Waals surface area (Å²) in [6, 6.07) is -0.471. The summed E-state index contributed by atoms with van der Waals surface area (Å²) in [6.07, 6.45) is 2.02. The van der Waals surface area contributed by atoms with Gasteiger partial charge in [0.15, 0.2) is 0 Å². The van der Waals surface area contributed by atoms with E-state index in [-0.39, 0.29) is 11.7 Å². The number of nitrogens with zero attached hydrogens (tertiary/aromatic N) is 2. The SMILES string of the molecule is CCCS(=O)(=O)N1CCCC1C(=O)N(CC)CC. The van der Waals surface area contributed by atoms with Crippen LogP contribution in [0.15, 0.2) is 0 Å². The number of hydrogen-bond acceptors (Lipinski definition) is 3. The average Bonchev–Trinajstić information content (AvgIpc) is 2.79. The summed E-state index contributed by atoms with van der Waals surface area (Å²) in [5.74, 6) is 0.0897. The molecule has 0 aliphatic carbocycles. The molecule has 1 atom stereocenters. The molecule has 1 fully saturated rings. The molecule has 0 aromatic heterocycles. The van der Waals surface area contributed by atoms with Gasteiger partial charge in [0.25, 0.3) is 0 Å². The Balaban J connectivity index is 2.85. The lowest BCUT2D eigenvalue weighted by Gasteiger charge is -2.28. The van der Waals surface area contributed by atoms with Gasteiger partial charge in [0.05, 0.1) is 5.75 Å². The number of rotatable bonds is 6. The molecule has 1 saturated heterocycles. The number of hydrogen-bond donors (Lipinski definition) is 0. The zero-order chi connectivity index (χ0) is 13.8. The van der Waals surface area contributed by atoms with Crippen molar-refractivity contribution in [3.8, 4) is 0 Å². The van der Waals surface area contributed by atoms with Gasteiger partial charge in [-0.15, -0.1) is 0 Å². The monoisotopic (exact) mass is 276 g/mol. The first kappa shape index (κ1) is 15.4. The standard InChI is InChI=1S/C12H24N2O3S/c1-4-10-18(16,17)14-9-7-8-11(14)12(15)13(5-2)6-3/h11H,4-10H2,1-3H3. The van der Waals surface area contributed by atoms with E-state index < -0.39 is 16.1 Å². The topological polar surface area (TPSA) is 57.7 Å². The number of carbonyl (C=O) groups excluding carboxylic acids is 1. The number of amides is 1. The van der Waals surface area contributed by atoms with Gasteiger partial charge in [0, 0.05) is 19.6 Å². The molecule has 0 radical (unpaired) electrons. The van der Waals surface area contributed by atoms with Crippen LogP contribution in [0.25, 0.3) is 0 Å². The second kappa shape index (κ2) is 6.52. The molecule has 1 amide bonds. The molecule has 0 aromatic carbocycles. The van der Waals surface area contributed by atoms with Crippen LogP contribution < -0.4 is 0 Å². The Morgan fingerprint density at radius 1 is 1.28 bits per heavy atom. The van der Waals surface area contributed by atoms with Crippen LogP contribution in [-0.4, -0.2) is 55.0 Å². The molecule has 5 nitrogen and oxygen atoms in total. The lowest BCUT2D eigenvalue weighted by atomic mass is 10.2. The quantitative estimate of drug-likeness (QED) is 0.729. The molecular formula is C12H24N2O3S. The maximum absolute atomic E-state index is 12.3. The number of sulfonamides is 1. The normalized spacial score (nSPS) is 21.2.